The summed E-state index contributed by atoms with van der Waals surface area (Å²) in [5.74, 6) is -0.330. The van der Waals surface area contributed by atoms with E-state index in [1.165, 1.54) is 12.3 Å². The Kier molecular flexibility index (Phi) is 3.43. The average molecular weight is 235 g/mol. The van der Waals surface area contributed by atoms with Crippen molar-refractivity contribution in [3.63, 3.8) is 0 Å². The highest BCUT2D eigenvalue weighted by molar-refractivity contribution is 5.12. The predicted molar refractivity (Wildman–Crippen MR) is 60.7 cm³/mol. The Hall–Kier alpha value is -1.82. The zero-order valence-corrected chi connectivity index (χ0v) is 9.76. The van der Waals surface area contributed by atoms with Crippen LogP contribution >= 0.6 is 0 Å². The number of rotatable bonds is 4. The molecular formula is C11H14FN5. The smallest absolute Gasteiger partial charge is 0.141 e. The number of nitrogens with one attached hydrogen (secondary N) is 1. The van der Waals surface area contributed by atoms with Crippen LogP contribution in [-0.2, 0) is 13.5 Å². The van der Waals surface area contributed by atoms with E-state index in [4.69, 9.17) is 0 Å². The Morgan fingerprint density at radius 1 is 1.47 bits per heavy atom. The molecule has 0 radical (unpaired) electrons. The fourth-order valence-corrected chi connectivity index (χ4v) is 1.65. The fraction of sp³-hybridized carbons (Fsp3) is 0.364. The van der Waals surface area contributed by atoms with Crippen LogP contribution in [0, 0.1) is 5.82 Å². The molecule has 0 amide bonds. The van der Waals surface area contributed by atoms with Gasteiger partial charge in [-0.3, -0.25) is 9.67 Å². The van der Waals surface area contributed by atoms with Gasteiger partial charge in [-0.15, -0.1) is 5.10 Å². The minimum atomic E-state index is -0.330. The maximum atomic E-state index is 12.8. The molecule has 2 aromatic rings. The first-order valence-electron chi connectivity index (χ1n) is 5.33. The van der Waals surface area contributed by atoms with Gasteiger partial charge in [-0.05, 0) is 19.2 Å². The first-order valence-corrected chi connectivity index (χ1v) is 5.33. The van der Waals surface area contributed by atoms with E-state index in [1.807, 2.05) is 20.3 Å². The molecule has 1 unspecified atom stereocenters. The molecule has 0 fully saturated rings. The van der Waals surface area contributed by atoms with Crippen LogP contribution < -0.4 is 5.32 Å². The van der Waals surface area contributed by atoms with Crippen LogP contribution in [0.5, 0.6) is 0 Å². The molecule has 90 valence electrons. The summed E-state index contributed by atoms with van der Waals surface area (Å²) in [7, 11) is 3.66. The van der Waals surface area contributed by atoms with E-state index in [9.17, 15) is 4.39 Å². The van der Waals surface area contributed by atoms with Gasteiger partial charge in [0, 0.05) is 19.7 Å². The lowest BCUT2D eigenvalue weighted by molar-refractivity contribution is 0.559. The number of aryl methyl sites for hydroxylation is 1. The van der Waals surface area contributed by atoms with E-state index in [0.717, 1.165) is 11.4 Å². The van der Waals surface area contributed by atoms with E-state index in [1.54, 1.807) is 10.7 Å². The van der Waals surface area contributed by atoms with Crippen molar-refractivity contribution in [3.05, 3.63) is 41.7 Å². The van der Waals surface area contributed by atoms with Crippen molar-refractivity contribution < 1.29 is 4.39 Å². The number of likely N-dealkylation sites (N-methyl/N-ethyl adjacent to an activating group) is 1. The highest BCUT2D eigenvalue weighted by atomic mass is 19.1. The van der Waals surface area contributed by atoms with E-state index in [2.05, 4.69) is 20.6 Å². The van der Waals surface area contributed by atoms with Crippen LogP contribution in [0.1, 0.15) is 17.4 Å². The van der Waals surface area contributed by atoms with Gasteiger partial charge in [0.1, 0.15) is 5.82 Å². The normalized spacial score (nSPS) is 12.6. The van der Waals surface area contributed by atoms with E-state index < -0.39 is 0 Å². The molecule has 0 spiro atoms. The molecule has 6 heteroatoms. The topological polar surface area (TPSA) is 55.6 Å². The molecule has 5 nitrogen and oxygen atoms in total. The lowest BCUT2D eigenvalue weighted by Gasteiger charge is -2.13. The summed E-state index contributed by atoms with van der Waals surface area (Å²) >= 11 is 0. The lowest BCUT2D eigenvalue weighted by Crippen LogP contribution is -2.20. The molecule has 0 saturated carbocycles. The zero-order valence-electron chi connectivity index (χ0n) is 9.76. The molecule has 2 heterocycles. The summed E-state index contributed by atoms with van der Waals surface area (Å²) in [4.78, 5) is 4.06. The van der Waals surface area contributed by atoms with Crippen LogP contribution in [0.3, 0.4) is 0 Å². The number of hydrogen-bond donors (Lipinski definition) is 1. The van der Waals surface area contributed by atoms with Crippen molar-refractivity contribution in [2.75, 3.05) is 7.05 Å². The molecule has 1 N–H and O–H groups in total. The number of nitrogens with zero attached hydrogens (tertiary/aromatic N) is 4. The van der Waals surface area contributed by atoms with Gasteiger partial charge in [-0.2, -0.15) is 0 Å². The first-order chi connectivity index (χ1) is 8.19. The van der Waals surface area contributed by atoms with Crippen LogP contribution in [0.4, 0.5) is 4.39 Å². The third kappa shape index (κ3) is 2.85. The predicted octanol–water partition coefficient (Wildman–Crippen LogP) is 0.852. The van der Waals surface area contributed by atoms with Gasteiger partial charge < -0.3 is 5.32 Å². The van der Waals surface area contributed by atoms with Gasteiger partial charge >= 0.3 is 0 Å². The molecule has 0 aromatic carbocycles. The summed E-state index contributed by atoms with van der Waals surface area (Å²) in [5, 5.41) is 11.0. The van der Waals surface area contributed by atoms with Crippen LogP contribution in [0.15, 0.2) is 24.5 Å². The number of halogens is 1. The Labute approximate surface area is 98.7 Å². The second kappa shape index (κ2) is 5.01. The van der Waals surface area contributed by atoms with Gasteiger partial charge in [0.05, 0.1) is 23.6 Å². The summed E-state index contributed by atoms with van der Waals surface area (Å²) in [6.45, 7) is 0. The molecule has 0 aliphatic carbocycles. The Balaban J connectivity index is 2.13. The molecule has 17 heavy (non-hydrogen) atoms. The minimum absolute atomic E-state index is 0.00676. The van der Waals surface area contributed by atoms with Gasteiger partial charge in [0.25, 0.3) is 0 Å². The first kappa shape index (κ1) is 11.7. The number of pyridine rings is 1. The molecule has 0 bridgehead atoms. The highest BCUT2D eigenvalue weighted by Crippen LogP contribution is 2.14. The van der Waals surface area contributed by atoms with Crippen molar-refractivity contribution in [2.24, 2.45) is 7.05 Å². The fourth-order valence-electron chi connectivity index (χ4n) is 1.65. The Morgan fingerprint density at radius 2 is 2.29 bits per heavy atom. The summed E-state index contributed by atoms with van der Waals surface area (Å²) < 4.78 is 14.4. The van der Waals surface area contributed by atoms with Gasteiger partial charge in [-0.25, -0.2) is 4.39 Å². The Bertz CT molecular complexity index is 479. The molecule has 0 aliphatic rings. The molecule has 2 aromatic heterocycles. The van der Waals surface area contributed by atoms with Crippen molar-refractivity contribution in [3.8, 4) is 0 Å². The zero-order chi connectivity index (χ0) is 12.3. The quantitative estimate of drug-likeness (QED) is 0.853. The van der Waals surface area contributed by atoms with Gasteiger partial charge in [0.2, 0.25) is 0 Å². The maximum Gasteiger partial charge on any atom is 0.141 e. The minimum Gasteiger partial charge on any atom is -0.311 e. The second-order valence-electron chi connectivity index (χ2n) is 3.83. The Morgan fingerprint density at radius 3 is 2.82 bits per heavy atom. The van der Waals surface area contributed by atoms with Crippen molar-refractivity contribution in [2.45, 2.75) is 12.5 Å². The molecule has 2 rings (SSSR count). The molecular weight excluding hydrogens is 221 g/mol. The monoisotopic (exact) mass is 235 g/mol. The number of aromatic nitrogens is 4. The van der Waals surface area contributed by atoms with E-state index >= 15 is 0 Å². The summed E-state index contributed by atoms with van der Waals surface area (Å²) in [5.41, 5.74) is 1.66. The molecule has 0 saturated heterocycles. The second-order valence-corrected chi connectivity index (χ2v) is 3.83. The van der Waals surface area contributed by atoms with E-state index in [0.29, 0.717) is 6.42 Å². The van der Waals surface area contributed by atoms with E-state index in [-0.39, 0.29) is 11.9 Å². The third-order valence-electron chi connectivity index (χ3n) is 2.52. The summed E-state index contributed by atoms with van der Waals surface area (Å²) in [6, 6.07) is 3.09. The van der Waals surface area contributed by atoms with Gasteiger partial charge in [-0.1, -0.05) is 5.21 Å². The summed E-state index contributed by atoms with van der Waals surface area (Å²) in [6.07, 6.45) is 3.74. The van der Waals surface area contributed by atoms with Crippen molar-refractivity contribution in [1.29, 1.82) is 0 Å². The van der Waals surface area contributed by atoms with Crippen molar-refractivity contribution >= 4 is 0 Å². The van der Waals surface area contributed by atoms with Crippen LogP contribution in [-0.4, -0.2) is 27.0 Å². The highest BCUT2D eigenvalue weighted by Gasteiger charge is 2.13. The average Bonchev–Trinajstić information content (AvgIpc) is 2.73. The van der Waals surface area contributed by atoms with Crippen LogP contribution in [0.25, 0.3) is 0 Å². The molecule has 1 atom stereocenters. The molecule has 0 aliphatic heterocycles. The standard InChI is InChI=1S/C11H14FN5/c1-13-11(5-9-7-17(2)16-15-9)10-4-3-8(12)6-14-10/h3-4,6-7,11,13H,5H2,1-2H3. The maximum absolute atomic E-state index is 12.8. The lowest BCUT2D eigenvalue weighted by atomic mass is 10.1. The number of hydrogen-bond acceptors (Lipinski definition) is 4. The third-order valence-corrected chi connectivity index (χ3v) is 2.52. The SMILES string of the molecule is CNC(Cc1cn(C)nn1)c1ccc(F)cn1. The van der Waals surface area contributed by atoms with Crippen molar-refractivity contribution in [1.82, 2.24) is 25.3 Å². The van der Waals surface area contributed by atoms with Gasteiger partial charge in [0.15, 0.2) is 0 Å². The largest absolute Gasteiger partial charge is 0.311 e. The van der Waals surface area contributed by atoms with Crippen LogP contribution in [0.2, 0.25) is 0 Å².